The number of benzene rings is 1. The van der Waals surface area contributed by atoms with Crippen LogP contribution in [0.15, 0.2) is 18.2 Å². The summed E-state index contributed by atoms with van der Waals surface area (Å²) in [6.07, 6.45) is 0. The molecule has 0 aliphatic heterocycles. The Kier molecular flexibility index (Phi) is 2.70. The van der Waals surface area contributed by atoms with Crippen LogP contribution in [0.3, 0.4) is 0 Å². The zero-order chi connectivity index (χ0) is 8.27. The molecule has 3 N–H and O–H groups in total. The van der Waals surface area contributed by atoms with E-state index in [0.717, 1.165) is 5.56 Å². The first-order valence-electron chi connectivity index (χ1n) is 3.04. The van der Waals surface area contributed by atoms with Gasteiger partial charge >= 0.3 is 0 Å². The highest BCUT2D eigenvalue weighted by atomic mass is 35.5. The highest BCUT2D eigenvalue weighted by molar-refractivity contribution is 6.33. The zero-order valence-electron chi connectivity index (χ0n) is 5.75. The molecule has 60 valence electrons. The van der Waals surface area contributed by atoms with Crippen molar-refractivity contribution in [3.8, 4) is 0 Å². The van der Waals surface area contributed by atoms with Gasteiger partial charge in [0, 0.05) is 0 Å². The second-order valence-corrected chi connectivity index (χ2v) is 2.54. The van der Waals surface area contributed by atoms with E-state index in [-0.39, 0.29) is 6.61 Å². The lowest BCUT2D eigenvalue weighted by atomic mass is 10.2. The van der Waals surface area contributed by atoms with E-state index in [1.54, 1.807) is 18.2 Å². The van der Waals surface area contributed by atoms with Gasteiger partial charge in [0.05, 0.1) is 10.7 Å². The molecule has 0 aliphatic rings. The van der Waals surface area contributed by atoms with Crippen LogP contribution >= 0.6 is 11.6 Å². The van der Waals surface area contributed by atoms with E-state index in [4.69, 9.17) is 22.6 Å². The van der Waals surface area contributed by atoms with Crippen molar-refractivity contribution >= 4 is 17.3 Å². The van der Waals surface area contributed by atoms with Crippen LogP contribution < -0.4 is 5.73 Å². The van der Waals surface area contributed by atoms with Crippen LogP contribution in [0.5, 0.6) is 0 Å². The monoisotopic (exact) mass is 173 g/mol. The predicted octanol–water partition coefficient (Wildman–Crippen LogP) is 1.91. The molecule has 0 unspecified atom stereocenters. The standard InChI is InChI=1S/C7H8ClNO2/c8-6-3-5(4-11-10)1-2-7(6)9/h1-3,10H,4,9H2. The Morgan fingerprint density at radius 2 is 2.27 bits per heavy atom. The van der Waals surface area contributed by atoms with Gasteiger partial charge in [0.2, 0.25) is 0 Å². The molecule has 0 radical (unpaired) electrons. The Balaban J connectivity index is 2.86. The van der Waals surface area contributed by atoms with Crippen LogP contribution in [0.1, 0.15) is 5.56 Å². The first-order valence-corrected chi connectivity index (χ1v) is 3.42. The molecule has 1 aromatic carbocycles. The van der Waals surface area contributed by atoms with E-state index in [9.17, 15) is 0 Å². The van der Waals surface area contributed by atoms with Crippen molar-refractivity contribution in [1.29, 1.82) is 0 Å². The van der Waals surface area contributed by atoms with Gasteiger partial charge in [0.15, 0.2) is 0 Å². The smallest absolute Gasteiger partial charge is 0.107 e. The van der Waals surface area contributed by atoms with E-state index in [2.05, 4.69) is 4.89 Å². The normalized spacial score (nSPS) is 10.0. The molecule has 0 fully saturated rings. The molecule has 1 aromatic rings. The molecule has 3 nitrogen and oxygen atoms in total. The van der Waals surface area contributed by atoms with Gasteiger partial charge in [0.1, 0.15) is 6.61 Å². The first kappa shape index (κ1) is 8.33. The molecule has 0 spiro atoms. The number of anilines is 1. The third-order valence-corrected chi connectivity index (χ3v) is 1.62. The summed E-state index contributed by atoms with van der Waals surface area (Å²) in [6, 6.07) is 5.04. The maximum Gasteiger partial charge on any atom is 0.107 e. The summed E-state index contributed by atoms with van der Waals surface area (Å²) in [5.41, 5.74) is 6.76. The predicted molar refractivity (Wildman–Crippen MR) is 43.3 cm³/mol. The number of nitrogen functional groups attached to an aromatic ring is 1. The third kappa shape index (κ3) is 2.08. The minimum atomic E-state index is 0.125. The van der Waals surface area contributed by atoms with Crippen LogP contribution in [0.4, 0.5) is 5.69 Å². The SMILES string of the molecule is Nc1ccc(COO)cc1Cl. The van der Waals surface area contributed by atoms with Crippen LogP contribution in [-0.2, 0) is 11.5 Å². The fourth-order valence-electron chi connectivity index (χ4n) is 0.735. The molecular formula is C7H8ClNO2. The van der Waals surface area contributed by atoms with Crippen molar-refractivity contribution in [2.45, 2.75) is 6.61 Å². The molecule has 0 heterocycles. The number of hydrogen-bond acceptors (Lipinski definition) is 3. The van der Waals surface area contributed by atoms with Gasteiger partial charge < -0.3 is 5.73 Å². The Morgan fingerprint density at radius 1 is 1.55 bits per heavy atom. The average Bonchev–Trinajstić information content (AvgIpc) is 1.98. The lowest BCUT2D eigenvalue weighted by Crippen LogP contribution is -1.90. The van der Waals surface area contributed by atoms with Crippen molar-refractivity contribution in [3.63, 3.8) is 0 Å². The van der Waals surface area contributed by atoms with Gasteiger partial charge in [-0.05, 0) is 17.7 Å². The largest absolute Gasteiger partial charge is 0.398 e. The van der Waals surface area contributed by atoms with Crippen molar-refractivity contribution < 1.29 is 10.1 Å². The molecule has 0 bridgehead atoms. The molecule has 11 heavy (non-hydrogen) atoms. The van der Waals surface area contributed by atoms with Gasteiger partial charge in [0.25, 0.3) is 0 Å². The highest BCUT2D eigenvalue weighted by Gasteiger charge is 1.97. The molecule has 0 amide bonds. The van der Waals surface area contributed by atoms with Gasteiger partial charge in [-0.3, -0.25) is 5.26 Å². The maximum atomic E-state index is 8.11. The minimum absolute atomic E-state index is 0.125. The van der Waals surface area contributed by atoms with Crippen molar-refractivity contribution in [3.05, 3.63) is 28.8 Å². The zero-order valence-corrected chi connectivity index (χ0v) is 6.51. The molecule has 4 heteroatoms. The molecule has 0 saturated heterocycles. The molecule has 0 aromatic heterocycles. The summed E-state index contributed by atoms with van der Waals surface area (Å²) in [5, 5.41) is 8.58. The van der Waals surface area contributed by atoms with Crippen LogP contribution in [-0.4, -0.2) is 5.26 Å². The highest BCUT2D eigenvalue weighted by Crippen LogP contribution is 2.19. The summed E-state index contributed by atoms with van der Waals surface area (Å²) in [4.78, 5) is 3.92. The van der Waals surface area contributed by atoms with E-state index in [1.807, 2.05) is 0 Å². The quantitative estimate of drug-likeness (QED) is 0.408. The number of nitrogens with two attached hydrogens (primary N) is 1. The molecule has 0 atom stereocenters. The summed E-state index contributed by atoms with van der Waals surface area (Å²) in [6.45, 7) is 0.125. The minimum Gasteiger partial charge on any atom is -0.398 e. The summed E-state index contributed by atoms with van der Waals surface area (Å²) >= 11 is 5.69. The Morgan fingerprint density at radius 3 is 2.82 bits per heavy atom. The van der Waals surface area contributed by atoms with Crippen LogP contribution in [0.2, 0.25) is 5.02 Å². The first-order chi connectivity index (χ1) is 5.24. The molecule has 0 aliphatic carbocycles. The van der Waals surface area contributed by atoms with Crippen molar-refractivity contribution in [2.24, 2.45) is 0 Å². The fraction of sp³-hybridized carbons (Fsp3) is 0.143. The van der Waals surface area contributed by atoms with Gasteiger partial charge in [-0.2, -0.15) is 0 Å². The summed E-state index contributed by atoms with van der Waals surface area (Å²) in [7, 11) is 0. The lowest BCUT2D eigenvalue weighted by molar-refractivity contribution is -0.253. The van der Waals surface area contributed by atoms with E-state index >= 15 is 0 Å². The fourth-order valence-corrected chi connectivity index (χ4v) is 0.938. The Bertz CT molecular complexity index is 252. The molecule has 0 saturated carbocycles. The second-order valence-electron chi connectivity index (χ2n) is 2.13. The third-order valence-electron chi connectivity index (χ3n) is 1.30. The van der Waals surface area contributed by atoms with Gasteiger partial charge in [-0.25, -0.2) is 4.89 Å². The van der Waals surface area contributed by atoms with Crippen molar-refractivity contribution in [2.75, 3.05) is 5.73 Å². The van der Waals surface area contributed by atoms with E-state index in [1.165, 1.54) is 0 Å². The maximum absolute atomic E-state index is 8.11. The van der Waals surface area contributed by atoms with Gasteiger partial charge in [-0.15, -0.1) is 0 Å². The second kappa shape index (κ2) is 3.57. The van der Waals surface area contributed by atoms with Crippen LogP contribution in [0.25, 0.3) is 0 Å². The lowest BCUT2D eigenvalue weighted by Gasteiger charge is -2.00. The molecular weight excluding hydrogens is 166 g/mol. The number of halogens is 1. The number of rotatable bonds is 2. The topological polar surface area (TPSA) is 55.5 Å². The van der Waals surface area contributed by atoms with E-state index < -0.39 is 0 Å². The molecule has 1 rings (SSSR count). The van der Waals surface area contributed by atoms with Crippen molar-refractivity contribution in [1.82, 2.24) is 0 Å². The summed E-state index contributed by atoms with van der Waals surface area (Å²) in [5.74, 6) is 0. The number of hydrogen-bond donors (Lipinski definition) is 2. The van der Waals surface area contributed by atoms with Gasteiger partial charge in [-0.1, -0.05) is 17.7 Å². The Hall–Kier alpha value is -0.770. The van der Waals surface area contributed by atoms with E-state index in [0.29, 0.717) is 10.7 Å². The average molecular weight is 174 g/mol. The summed E-state index contributed by atoms with van der Waals surface area (Å²) < 4.78 is 0. The van der Waals surface area contributed by atoms with Crippen LogP contribution in [0, 0.1) is 0 Å². The Labute approximate surface area is 69.3 Å².